The topological polar surface area (TPSA) is 84.7 Å². The molecule has 7 heteroatoms. The van der Waals surface area contributed by atoms with E-state index in [1.165, 1.54) is 10.6 Å². The van der Waals surface area contributed by atoms with Crippen molar-refractivity contribution >= 4 is 11.9 Å². The van der Waals surface area contributed by atoms with E-state index in [1.54, 1.807) is 14.2 Å². The molecule has 0 radical (unpaired) electrons. The van der Waals surface area contributed by atoms with E-state index in [0.29, 0.717) is 31.2 Å². The number of methoxy groups -OCH3 is 1. The maximum Gasteiger partial charge on any atom is 0.308 e. The SMILES string of the molecule is COCc1cc(=O)n(C)c(N2CCC[C@H](C(=O)O)C2)n1. The lowest BCUT2D eigenvalue weighted by molar-refractivity contribution is -0.141. The van der Waals surface area contributed by atoms with Gasteiger partial charge in [-0.15, -0.1) is 0 Å². The third-order valence-corrected chi connectivity index (χ3v) is 3.51. The summed E-state index contributed by atoms with van der Waals surface area (Å²) in [6.45, 7) is 1.35. The molecule has 1 aliphatic rings. The quantitative estimate of drug-likeness (QED) is 0.850. The van der Waals surface area contributed by atoms with Crippen LogP contribution in [0, 0.1) is 5.92 Å². The molecule has 1 atom stereocenters. The molecule has 2 rings (SSSR count). The Balaban J connectivity index is 2.31. The minimum Gasteiger partial charge on any atom is -0.481 e. The van der Waals surface area contributed by atoms with Crippen LogP contribution in [0.25, 0.3) is 0 Å². The van der Waals surface area contributed by atoms with E-state index in [4.69, 9.17) is 9.84 Å². The van der Waals surface area contributed by atoms with Gasteiger partial charge in [0, 0.05) is 33.3 Å². The van der Waals surface area contributed by atoms with E-state index >= 15 is 0 Å². The molecule has 1 aromatic heterocycles. The van der Waals surface area contributed by atoms with E-state index < -0.39 is 11.9 Å². The van der Waals surface area contributed by atoms with Crippen molar-refractivity contribution in [1.82, 2.24) is 9.55 Å². The summed E-state index contributed by atoms with van der Waals surface area (Å²) in [5.74, 6) is -0.699. The summed E-state index contributed by atoms with van der Waals surface area (Å²) < 4.78 is 6.45. The maximum absolute atomic E-state index is 11.9. The molecule has 1 N–H and O–H groups in total. The van der Waals surface area contributed by atoms with Crippen LogP contribution in [0.1, 0.15) is 18.5 Å². The predicted octanol–water partition coefficient (Wildman–Crippen LogP) is 0.228. The van der Waals surface area contributed by atoms with Crippen LogP contribution in [0.5, 0.6) is 0 Å². The van der Waals surface area contributed by atoms with Gasteiger partial charge >= 0.3 is 5.97 Å². The molecule has 7 nitrogen and oxygen atoms in total. The molecule has 110 valence electrons. The zero-order chi connectivity index (χ0) is 14.7. The van der Waals surface area contributed by atoms with Crippen molar-refractivity contribution in [2.24, 2.45) is 13.0 Å². The van der Waals surface area contributed by atoms with E-state index in [0.717, 1.165) is 6.42 Å². The Kier molecular flexibility index (Phi) is 4.39. The summed E-state index contributed by atoms with van der Waals surface area (Å²) in [6, 6.07) is 1.44. The first-order chi connectivity index (χ1) is 9.52. The summed E-state index contributed by atoms with van der Waals surface area (Å²) in [4.78, 5) is 29.3. The van der Waals surface area contributed by atoms with Crippen molar-refractivity contribution in [2.45, 2.75) is 19.4 Å². The van der Waals surface area contributed by atoms with Crippen molar-refractivity contribution in [3.8, 4) is 0 Å². The maximum atomic E-state index is 11.9. The molecule has 1 aromatic rings. The number of carboxylic acids is 1. The lowest BCUT2D eigenvalue weighted by atomic mass is 9.99. The van der Waals surface area contributed by atoms with Crippen molar-refractivity contribution in [3.05, 3.63) is 22.1 Å². The van der Waals surface area contributed by atoms with Gasteiger partial charge in [0.2, 0.25) is 5.95 Å². The number of aromatic nitrogens is 2. The Morgan fingerprint density at radius 1 is 1.60 bits per heavy atom. The third kappa shape index (κ3) is 2.98. The van der Waals surface area contributed by atoms with Gasteiger partial charge in [0.1, 0.15) is 0 Å². The highest BCUT2D eigenvalue weighted by atomic mass is 16.5. The van der Waals surface area contributed by atoms with Crippen molar-refractivity contribution in [2.75, 3.05) is 25.1 Å². The number of hydrogen-bond acceptors (Lipinski definition) is 5. The summed E-state index contributed by atoms with van der Waals surface area (Å²) in [5, 5.41) is 9.13. The van der Waals surface area contributed by atoms with Gasteiger partial charge in [-0.3, -0.25) is 14.2 Å². The van der Waals surface area contributed by atoms with E-state index in [-0.39, 0.29) is 12.2 Å². The first-order valence-electron chi connectivity index (χ1n) is 6.56. The number of ether oxygens (including phenoxy) is 1. The second-order valence-corrected chi connectivity index (χ2v) is 5.00. The van der Waals surface area contributed by atoms with E-state index in [2.05, 4.69) is 4.98 Å². The number of hydrogen-bond donors (Lipinski definition) is 1. The summed E-state index contributed by atoms with van der Waals surface area (Å²) in [7, 11) is 3.19. The molecule has 0 saturated carbocycles. The second-order valence-electron chi connectivity index (χ2n) is 5.00. The summed E-state index contributed by atoms with van der Waals surface area (Å²) in [6.07, 6.45) is 1.44. The fourth-order valence-corrected chi connectivity index (χ4v) is 2.44. The molecule has 20 heavy (non-hydrogen) atoms. The number of piperidine rings is 1. The van der Waals surface area contributed by atoms with E-state index in [9.17, 15) is 9.59 Å². The summed E-state index contributed by atoms with van der Waals surface area (Å²) >= 11 is 0. The Morgan fingerprint density at radius 2 is 2.35 bits per heavy atom. The Labute approximate surface area is 116 Å². The number of aliphatic carboxylic acids is 1. The molecular formula is C13H19N3O4. The second kappa shape index (κ2) is 6.04. The smallest absolute Gasteiger partial charge is 0.308 e. The lowest BCUT2D eigenvalue weighted by Gasteiger charge is -2.32. The highest BCUT2D eigenvalue weighted by molar-refractivity contribution is 5.71. The van der Waals surface area contributed by atoms with Crippen LogP contribution in [0.3, 0.4) is 0 Å². The molecule has 2 heterocycles. The highest BCUT2D eigenvalue weighted by Crippen LogP contribution is 2.21. The molecule has 0 amide bonds. The van der Waals surface area contributed by atoms with Gasteiger partial charge in [-0.05, 0) is 12.8 Å². The average molecular weight is 281 g/mol. The van der Waals surface area contributed by atoms with Gasteiger partial charge in [0.15, 0.2) is 0 Å². The zero-order valence-electron chi connectivity index (χ0n) is 11.7. The fraction of sp³-hybridized carbons (Fsp3) is 0.615. The minimum absolute atomic E-state index is 0.167. The van der Waals surface area contributed by atoms with Crippen LogP contribution in [0.15, 0.2) is 10.9 Å². The largest absolute Gasteiger partial charge is 0.481 e. The number of carboxylic acid groups (broad SMARTS) is 1. The van der Waals surface area contributed by atoms with Crippen molar-refractivity contribution in [3.63, 3.8) is 0 Å². The molecular weight excluding hydrogens is 262 g/mol. The number of rotatable bonds is 4. The molecule has 0 aromatic carbocycles. The monoisotopic (exact) mass is 281 g/mol. The van der Waals surface area contributed by atoms with E-state index in [1.807, 2.05) is 4.90 Å². The Hall–Kier alpha value is -1.89. The molecule has 1 fully saturated rings. The molecule has 0 spiro atoms. The van der Waals surface area contributed by atoms with Gasteiger partial charge in [-0.25, -0.2) is 4.98 Å². The molecule has 1 saturated heterocycles. The van der Waals surface area contributed by atoms with Crippen molar-refractivity contribution in [1.29, 1.82) is 0 Å². The molecule has 0 aliphatic carbocycles. The Bertz CT molecular complexity index is 555. The molecule has 0 unspecified atom stereocenters. The lowest BCUT2D eigenvalue weighted by Crippen LogP contribution is -2.42. The Morgan fingerprint density at radius 3 is 3.00 bits per heavy atom. The number of anilines is 1. The van der Waals surface area contributed by atoms with Gasteiger partial charge in [-0.1, -0.05) is 0 Å². The molecule has 0 bridgehead atoms. The predicted molar refractivity (Wildman–Crippen MR) is 72.8 cm³/mol. The number of nitrogens with zero attached hydrogens (tertiary/aromatic N) is 3. The standard InChI is InChI=1S/C13H19N3O4/c1-15-11(17)6-10(8-20-2)14-13(15)16-5-3-4-9(7-16)12(18)19/h6,9H,3-5,7-8H2,1-2H3,(H,18,19)/t9-/m0/s1. The van der Waals surface area contributed by atoms with Gasteiger partial charge in [0.25, 0.3) is 5.56 Å². The van der Waals surface area contributed by atoms with Gasteiger partial charge in [-0.2, -0.15) is 0 Å². The van der Waals surface area contributed by atoms with Crippen LogP contribution in [0.2, 0.25) is 0 Å². The van der Waals surface area contributed by atoms with Gasteiger partial charge < -0.3 is 14.7 Å². The highest BCUT2D eigenvalue weighted by Gasteiger charge is 2.27. The normalized spacial score (nSPS) is 19.1. The zero-order valence-corrected chi connectivity index (χ0v) is 11.7. The van der Waals surface area contributed by atoms with Crippen LogP contribution in [-0.2, 0) is 23.2 Å². The first-order valence-corrected chi connectivity index (χ1v) is 6.56. The average Bonchev–Trinajstić information content (AvgIpc) is 2.43. The van der Waals surface area contributed by atoms with Crippen LogP contribution < -0.4 is 10.5 Å². The van der Waals surface area contributed by atoms with Gasteiger partial charge in [0.05, 0.1) is 18.2 Å². The van der Waals surface area contributed by atoms with Crippen molar-refractivity contribution < 1.29 is 14.6 Å². The molecule has 1 aliphatic heterocycles. The third-order valence-electron chi connectivity index (χ3n) is 3.51. The summed E-state index contributed by atoms with van der Waals surface area (Å²) in [5.41, 5.74) is 0.391. The fourth-order valence-electron chi connectivity index (χ4n) is 2.44. The van der Waals surface area contributed by atoms with Crippen LogP contribution in [0.4, 0.5) is 5.95 Å². The minimum atomic E-state index is -0.798. The number of carbonyl (C=O) groups is 1. The van der Waals surface area contributed by atoms with Crippen LogP contribution in [-0.4, -0.2) is 40.8 Å². The van der Waals surface area contributed by atoms with Crippen LogP contribution >= 0.6 is 0 Å². The first kappa shape index (κ1) is 14.5.